The SMILES string of the molecule is CC(C)CN(C(=O)I)C(C)C. The quantitative estimate of drug-likeness (QED) is 0.438. The van der Waals surface area contributed by atoms with Gasteiger partial charge >= 0.3 is 0 Å². The van der Waals surface area contributed by atoms with Gasteiger partial charge in [0, 0.05) is 35.2 Å². The minimum absolute atomic E-state index is 0.145. The Morgan fingerprint density at radius 1 is 1.36 bits per heavy atom. The van der Waals surface area contributed by atoms with Crippen molar-refractivity contribution in [3.63, 3.8) is 0 Å². The van der Waals surface area contributed by atoms with Crippen molar-refractivity contribution in [2.75, 3.05) is 6.54 Å². The highest BCUT2D eigenvalue weighted by Gasteiger charge is 2.14. The Morgan fingerprint density at radius 2 is 1.82 bits per heavy atom. The van der Waals surface area contributed by atoms with E-state index in [1.165, 1.54) is 0 Å². The van der Waals surface area contributed by atoms with Crippen LogP contribution in [0, 0.1) is 5.92 Å². The van der Waals surface area contributed by atoms with E-state index in [9.17, 15) is 4.79 Å². The average Bonchev–Trinajstić information content (AvgIpc) is 1.81. The molecule has 0 fully saturated rings. The Bertz CT molecular complexity index is 134. The van der Waals surface area contributed by atoms with Crippen molar-refractivity contribution in [2.24, 2.45) is 5.92 Å². The molecule has 0 saturated heterocycles. The molecule has 0 aromatic heterocycles. The first-order valence-electron chi connectivity index (χ1n) is 3.91. The molecule has 1 amide bonds. The molecule has 2 nitrogen and oxygen atoms in total. The third kappa shape index (κ3) is 4.61. The van der Waals surface area contributed by atoms with E-state index in [0.717, 1.165) is 6.54 Å². The number of halogens is 1. The zero-order valence-electron chi connectivity index (χ0n) is 7.60. The molecule has 3 heteroatoms. The largest absolute Gasteiger partial charge is 0.331 e. The molecule has 0 aliphatic heterocycles. The first kappa shape index (κ1) is 11.2. The van der Waals surface area contributed by atoms with Gasteiger partial charge in [0.25, 0.3) is 3.91 Å². The fourth-order valence-electron chi connectivity index (χ4n) is 0.879. The first-order valence-corrected chi connectivity index (χ1v) is 4.99. The Hall–Kier alpha value is 0.200. The second-order valence-electron chi connectivity index (χ2n) is 3.39. The van der Waals surface area contributed by atoms with Crippen LogP contribution in [0.15, 0.2) is 0 Å². The lowest BCUT2D eigenvalue weighted by Crippen LogP contribution is -2.35. The highest BCUT2D eigenvalue weighted by molar-refractivity contribution is 14.1. The molecule has 0 aromatic carbocycles. The van der Waals surface area contributed by atoms with Crippen LogP contribution in [-0.2, 0) is 0 Å². The summed E-state index contributed by atoms with van der Waals surface area (Å²) in [4.78, 5) is 12.9. The lowest BCUT2D eigenvalue weighted by Gasteiger charge is -2.25. The molecule has 0 atom stereocenters. The number of nitrogens with zero attached hydrogens (tertiary/aromatic N) is 1. The molecular formula is C8H16INO. The Balaban J connectivity index is 4.01. The Kier molecular flexibility index (Phi) is 5.04. The molecule has 0 N–H and O–H groups in total. The van der Waals surface area contributed by atoms with Crippen molar-refractivity contribution >= 4 is 26.5 Å². The van der Waals surface area contributed by atoms with Crippen LogP contribution in [0.5, 0.6) is 0 Å². The third-order valence-corrected chi connectivity index (χ3v) is 2.03. The summed E-state index contributed by atoms with van der Waals surface area (Å²) in [7, 11) is 0. The fraction of sp³-hybridized carbons (Fsp3) is 0.875. The predicted octanol–water partition coefficient (Wildman–Crippen LogP) is 2.91. The minimum Gasteiger partial charge on any atom is -0.331 e. The van der Waals surface area contributed by atoms with E-state index >= 15 is 0 Å². The molecule has 0 saturated carbocycles. The zero-order chi connectivity index (χ0) is 9.02. The molecule has 0 unspecified atom stereocenters. The van der Waals surface area contributed by atoms with E-state index in [2.05, 4.69) is 13.8 Å². The summed E-state index contributed by atoms with van der Waals surface area (Å²) in [6, 6.07) is 0.321. The molecule has 11 heavy (non-hydrogen) atoms. The monoisotopic (exact) mass is 269 g/mol. The molecule has 0 heterocycles. The lowest BCUT2D eigenvalue weighted by atomic mass is 10.2. The second kappa shape index (κ2) is 4.95. The van der Waals surface area contributed by atoms with E-state index < -0.39 is 0 Å². The van der Waals surface area contributed by atoms with Crippen molar-refractivity contribution in [1.82, 2.24) is 4.90 Å². The number of hydrogen-bond acceptors (Lipinski definition) is 1. The lowest BCUT2D eigenvalue weighted by molar-refractivity contribution is 0.202. The summed E-state index contributed by atoms with van der Waals surface area (Å²) in [6.07, 6.45) is 0. The molecule has 66 valence electrons. The number of carbonyl (C=O) groups is 1. The molecule has 0 radical (unpaired) electrons. The van der Waals surface area contributed by atoms with Crippen molar-refractivity contribution < 1.29 is 4.79 Å². The summed E-state index contributed by atoms with van der Waals surface area (Å²) < 4.78 is 0.145. The molecule has 0 aliphatic rings. The number of hydrogen-bond donors (Lipinski definition) is 0. The highest BCUT2D eigenvalue weighted by Crippen LogP contribution is 2.08. The third-order valence-electron chi connectivity index (χ3n) is 1.41. The molecule has 0 bridgehead atoms. The van der Waals surface area contributed by atoms with Gasteiger partial charge in [-0.15, -0.1) is 0 Å². The van der Waals surface area contributed by atoms with Gasteiger partial charge in [-0.3, -0.25) is 4.79 Å². The van der Waals surface area contributed by atoms with Crippen LogP contribution >= 0.6 is 22.6 Å². The van der Waals surface area contributed by atoms with Gasteiger partial charge in [0.15, 0.2) is 0 Å². The highest BCUT2D eigenvalue weighted by atomic mass is 127. The van der Waals surface area contributed by atoms with Crippen LogP contribution in [-0.4, -0.2) is 21.4 Å². The van der Waals surface area contributed by atoms with E-state index in [-0.39, 0.29) is 3.91 Å². The molecule has 0 aliphatic carbocycles. The first-order chi connectivity index (χ1) is 4.95. The summed E-state index contributed by atoms with van der Waals surface area (Å²) >= 11 is 1.84. The maximum atomic E-state index is 11.0. The van der Waals surface area contributed by atoms with Gasteiger partial charge in [-0.1, -0.05) is 13.8 Å². The second-order valence-corrected chi connectivity index (χ2v) is 4.32. The maximum Gasteiger partial charge on any atom is 0.283 e. The summed E-state index contributed by atoms with van der Waals surface area (Å²) in [6.45, 7) is 9.18. The minimum atomic E-state index is 0.145. The van der Waals surface area contributed by atoms with Crippen molar-refractivity contribution in [2.45, 2.75) is 33.7 Å². The topological polar surface area (TPSA) is 20.3 Å². The van der Waals surface area contributed by atoms with Gasteiger partial charge in [-0.25, -0.2) is 0 Å². The smallest absolute Gasteiger partial charge is 0.283 e. The average molecular weight is 269 g/mol. The van der Waals surface area contributed by atoms with Gasteiger partial charge < -0.3 is 4.90 Å². The normalized spacial score (nSPS) is 10.8. The van der Waals surface area contributed by atoms with Crippen molar-refractivity contribution in [3.05, 3.63) is 0 Å². The summed E-state index contributed by atoms with van der Waals surface area (Å²) in [5.41, 5.74) is 0. The van der Waals surface area contributed by atoms with Crippen LogP contribution in [0.25, 0.3) is 0 Å². The van der Waals surface area contributed by atoms with Crippen LogP contribution in [0.2, 0.25) is 0 Å². The van der Waals surface area contributed by atoms with E-state index in [0.29, 0.717) is 12.0 Å². The predicted molar refractivity (Wildman–Crippen MR) is 56.1 cm³/mol. The molecular weight excluding hydrogens is 253 g/mol. The van der Waals surface area contributed by atoms with Gasteiger partial charge in [-0.05, 0) is 19.8 Å². The van der Waals surface area contributed by atoms with Crippen LogP contribution in [0.3, 0.4) is 0 Å². The van der Waals surface area contributed by atoms with Crippen LogP contribution in [0.4, 0.5) is 4.79 Å². The number of carbonyl (C=O) groups excluding carboxylic acids is 1. The molecule has 0 spiro atoms. The van der Waals surface area contributed by atoms with Crippen molar-refractivity contribution in [3.8, 4) is 0 Å². The van der Waals surface area contributed by atoms with Crippen molar-refractivity contribution in [1.29, 1.82) is 0 Å². The molecule has 0 rings (SSSR count). The zero-order valence-corrected chi connectivity index (χ0v) is 9.75. The maximum absolute atomic E-state index is 11.0. The number of rotatable bonds is 3. The van der Waals surface area contributed by atoms with E-state index in [1.807, 2.05) is 41.3 Å². The van der Waals surface area contributed by atoms with Crippen LogP contribution < -0.4 is 0 Å². The Labute approximate surface area is 82.5 Å². The summed E-state index contributed by atoms with van der Waals surface area (Å²) in [5, 5.41) is 0. The van der Waals surface area contributed by atoms with E-state index in [4.69, 9.17) is 0 Å². The summed E-state index contributed by atoms with van der Waals surface area (Å²) in [5.74, 6) is 0.552. The Morgan fingerprint density at radius 3 is 1.91 bits per heavy atom. The van der Waals surface area contributed by atoms with E-state index in [1.54, 1.807) is 0 Å². The van der Waals surface area contributed by atoms with Gasteiger partial charge in [0.2, 0.25) is 0 Å². The molecule has 0 aromatic rings. The standard InChI is InChI=1S/C8H16INO/c1-6(2)5-10(7(3)4)8(9)11/h6-7H,5H2,1-4H3. The van der Waals surface area contributed by atoms with Crippen LogP contribution in [0.1, 0.15) is 27.7 Å². The van der Waals surface area contributed by atoms with Gasteiger partial charge in [0.1, 0.15) is 0 Å². The fourth-order valence-corrected chi connectivity index (χ4v) is 1.63. The van der Waals surface area contributed by atoms with Gasteiger partial charge in [0.05, 0.1) is 0 Å². The van der Waals surface area contributed by atoms with Gasteiger partial charge in [-0.2, -0.15) is 0 Å². The number of amides is 1.